The maximum atomic E-state index is 11.0. The molecule has 2 aliphatic rings. The number of rotatable bonds is 1. The van der Waals surface area contributed by atoms with Crippen molar-refractivity contribution in [2.24, 2.45) is 10.7 Å². The first-order chi connectivity index (χ1) is 8.15. The van der Waals surface area contributed by atoms with Gasteiger partial charge in [0, 0.05) is 24.8 Å². The highest BCUT2D eigenvalue weighted by Gasteiger charge is 2.29. The van der Waals surface area contributed by atoms with Gasteiger partial charge in [0.25, 0.3) is 0 Å². The van der Waals surface area contributed by atoms with Gasteiger partial charge in [-0.1, -0.05) is 6.07 Å². The molecule has 5 nitrogen and oxygen atoms in total. The smallest absolute Gasteiger partial charge is 0.431 e. The van der Waals surface area contributed by atoms with Gasteiger partial charge in [0.15, 0.2) is 11.9 Å². The van der Waals surface area contributed by atoms with Crippen LogP contribution < -0.4 is 10.6 Å². The van der Waals surface area contributed by atoms with E-state index in [4.69, 9.17) is 10.5 Å². The molecule has 0 aliphatic carbocycles. The number of nitrogens with zero attached hydrogens (tertiary/aromatic N) is 2. The summed E-state index contributed by atoms with van der Waals surface area (Å²) in [4.78, 5) is 16.8. The molecule has 0 bridgehead atoms. The Labute approximate surface area is 98.9 Å². The number of amidine groups is 1. The molecule has 0 saturated carbocycles. The molecule has 1 unspecified atom stereocenters. The Bertz CT molecular complexity index is 524. The zero-order valence-corrected chi connectivity index (χ0v) is 9.51. The van der Waals surface area contributed by atoms with Crippen molar-refractivity contribution in [1.29, 1.82) is 0 Å². The quantitative estimate of drug-likeness (QED) is 0.789. The molecule has 1 aromatic rings. The normalized spacial score (nSPS) is 22.4. The first-order valence-corrected chi connectivity index (χ1v) is 5.54. The van der Waals surface area contributed by atoms with Gasteiger partial charge in [0.2, 0.25) is 0 Å². The maximum Gasteiger partial charge on any atom is 0.436 e. The Balaban J connectivity index is 1.96. The molecule has 0 fully saturated rings. The summed E-state index contributed by atoms with van der Waals surface area (Å²) in [6, 6.07) is 6.02. The van der Waals surface area contributed by atoms with Crippen LogP contribution in [0.5, 0.6) is 0 Å². The minimum Gasteiger partial charge on any atom is -0.431 e. The van der Waals surface area contributed by atoms with E-state index in [1.54, 1.807) is 0 Å². The lowest BCUT2D eigenvalue weighted by atomic mass is 10.0. The van der Waals surface area contributed by atoms with E-state index in [2.05, 4.69) is 16.9 Å². The third-order valence-corrected chi connectivity index (χ3v) is 3.24. The number of nitrogens with two attached hydrogens (primary N) is 1. The van der Waals surface area contributed by atoms with E-state index in [0.29, 0.717) is 0 Å². The number of hydrogen-bond donors (Lipinski definition) is 1. The first kappa shape index (κ1) is 10.1. The highest BCUT2D eigenvalue weighted by atomic mass is 16.6. The standard InChI is InChI=1S/C12H13N3O2/c1-15-5-4-7-6-8(2-3-9(7)15)10-11(13)14-12(16)17-10/h2-3,6,10H,4-5H2,1H3,(H2,13,14,16). The van der Waals surface area contributed by atoms with Crippen LogP contribution >= 0.6 is 0 Å². The van der Waals surface area contributed by atoms with Gasteiger partial charge in [-0.15, -0.1) is 0 Å². The average molecular weight is 231 g/mol. The molecule has 2 N–H and O–H groups in total. The summed E-state index contributed by atoms with van der Waals surface area (Å²) >= 11 is 0. The SMILES string of the molecule is CN1CCc2cc(C3OC(=O)N=C3N)ccc21. The zero-order valence-electron chi connectivity index (χ0n) is 9.51. The van der Waals surface area contributed by atoms with E-state index in [-0.39, 0.29) is 5.84 Å². The van der Waals surface area contributed by atoms with E-state index >= 15 is 0 Å². The molecule has 2 aliphatic heterocycles. The highest BCUT2D eigenvalue weighted by molar-refractivity contribution is 5.99. The van der Waals surface area contributed by atoms with Gasteiger partial charge in [0.05, 0.1) is 0 Å². The molecule has 0 saturated heterocycles. The Morgan fingerprint density at radius 1 is 1.53 bits per heavy atom. The number of benzene rings is 1. The van der Waals surface area contributed by atoms with Crippen LogP contribution in [0.25, 0.3) is 0 Å². The molecule has 3 rings (SSSR count). The fourth-order valence-corrected chi connectivity index (χ4v) is 2.34. The van der Waals surface area contributed by atoms with E-state index in [9.17, 15) is 4.79 Å². The molecular formula is C12H13N3O2. The van der Waals surface area contributed by atoms with Crippen LogP contribution in [0.3, 0.4) is 0 Å². The van der Waals surface area contributed by atoms with Gasteiger partial charge < -0.3 is 15.4 Å². The molecule has 1 atom stereocenters. The van der Waals surface area contributed by atoms with Gasteiger partial charge in [-0.2, -0.15) is 4.99 Å². The van der Waals surface area contributed by atoms with Gasteiger partial charge in [-0.25, -0.2) is 4.79 Å². The molecule has 88 valence electrons. The van der Waals surface area contributed by atoms with Gasteiger partial charge in [-0.3, -0.25) is 0 Å². The second kappa shape index (κ2) is 3.48. The molecule has 0 aromatic heterocycles. The number of cyclic esters (lactones) is 1. The van der Waals surface area contributed by atoms with Gasteiger partial charge in [-0.05, 0) is 24.1 Å². The molecule has 0 radical (unpaired) electrons. The van der Waals surface area contributed by atoms with Crippen LogP contribution in [0.1, 0.15) is 17.2 Å². The lowest BCUT2D eigenvalue weighted by Gasteiger charge is -2.14. The van der Waals surface area contributed by atoms with Crippen molar-refractivity contribution in [2.45, 2.75) is 12.5 Å². The number of fused-ring (bicyclic) bond motifs is 1. The number of aliphatic imine (C=N–C) groups is 1. The van der Waals surface area contributed by atoms with Crippen LogP contribution in [-0.4, -0.2) is 25.5 Å². The number of carbonyl (C=O) groups excluding carboxylic acids is 1. The van der Waals surface area contributed by atoms with Crippen LogP contribution in [0.2, 0.25) is 0 Å². The number of amides is 1. The lowest BCUT2D eigenvalue weighted by molar-refractivity contribution is 0.149. The fraction of sp³-hybridized carbons (Fsp3) is 0.333. The van der Waals surface area contributed by atoms with E-state index in [1.807, 2.05) is 18.2 Å². The summed E-state index contributed by atoms with van der Waals surface area (Å²) < 4.78 is 5.07. The zero-order chi connectivity index (χ0) is 12.0. The number of ether oxygens (including phenoxy) is 1. The van der Waals surface area contributed by atoms with Crippen molar-refractivity contribution in [3.05, 3.63) is 29.3 Å². The number of hydrogen-bond acceptors (Lipinski definition) is 4. The maximum absolute atomic E-state index is 11.0. The van der Waals surface area contributed by atoms with Crippen molar-refractivity contribution in [1.82, 2.24) is 0 Å². The summed E-state index contributed by atoms with van der Waals surface area (Å²) in [7, 11) is 2.07. The molecular weight excluding hydrogens is 218 g/mol. The Kier molecular flexibility index (Phi) is 2.07. The summed E-state index contributed by atoms with van der Waals surface area (Å²) in [5.74, 6) is 0.237. The molecule has 0 spiro atoms. The Morgan fingerprint density at radius 3 is 3.06 bits per heavy atom. The minimum absolute atomic E-state index is 0.237. The second-order valence-electron chi connectivity index (χ2n) is 4.36. The van der Waals surface area contributed by atoms with Crippen molar-refractivity contribution >= 4 is 17.6 Å². The molecule has 1 aromatic carbocycles. The monoisotopic (exact) mass is 231 g/mol. The van der Waals surface area contributed by atoms with Crippen LogP contribution in [0, 0.1) is 0 Å². The summed E-state index contributed by atoms with van der Waals surface area (Å²) in [5.41, 5.74) is 9.06. The van der Waals surface area contributed by atoms with Gasteiger partial charge in [0.1, 0.15) is 0 Å². The van der Waals surface area contributed by atoms with Gasteiger partial charge >= 0.3 is 6.09 Å². The molecule has 1 amide bonds. The number of carbonyl (C=O) groups is 1. The largest absolute Gasteiger partial charge is 0.436 e. The summed E-state index contributed by atoms with van der Waals surface area (Å²) in [6.45, 7) is 1.02. The average Bonchev–Trinajstić information content (AvgIpc) is 2.82. The van der Waals surface area contributed by atoms with E-state index in [0.717, 1.165) is 18.5 Å². The fourth-order valence-electron chi connectivity index (χ4n) is 2.34. The Morgan fingerprint density at radius 2 is 2.35 bits per heavy atom. The Hall–Kier alpha value is -2.04. The van der Waals surface area contributed by atoms with E-state index in [1.165, 1.54) is 11.3 Å². The van der Waals surface area contributed by atoms with Crippen molar-refractivity contribution in [3.8, 4) is 0 Å². The van der Waals surface area contributed by atoms with Crippen LogP contribution in [0.15, 0.2) is 23.2 Å². The third kappa shape index (κ3) is 1.54. The molecule has 2 heterocycles. The third-order valence-electron chi connectivity index (χ3n) is 3.24. The van der Waals surface area contributed by atoms with E-state index < -0.39 is 12.2 Å². The second-order valence-corrected chi connectivity index (χ2v) is 4.36. The van der Waals surface area contributed by atoms with Crippen molar-refractivity contribution in [3.63, 3.8) is 0 Å². The highest BCUT2D eigenvalue weighted by Crippen LogP contribution is 2.31. The number of likely N-dealkylation sites (N-methyl/N-ethyl adjacent to an activating group) is 1. The van der Waals surface area contributed by atoms with Crippen molar-refractivity contribution in [2.75, 3.05) is 18.5 Å². The lowest BCUT2D eigenvalue weighted by Crippen LogP contribution is -2.19. The topological polar surface area (TPSA) is 67.9 Å². The predicted octanol–water partition coefficient (Wildman–Crippen LogP) is 1.23. The predicted molar refractivity (Wildman–Crippen MR) is 64.3 cm³/mol. The summed E-state index contributed by atoms with van der Waals surface area (Å²) in [6.07, 6.45) is -0.110. The minimum atomic E-state index is -0.606. The molecule has 5 heteroatoms. The first-order valence-electron chi connectivity index (χ1n) is 5.54. The summed E-state index contributed by atoms with van der Waals surface area (Å²) in [5, 5.41) is 0. The number of anilines is 1. The van der Waals surface area contributed by atoms with Crippen molar-refractivity contribution < 1.29 is 9.53 Å². The van der Waals surface area contributed by atoms with Crippen LogP contribution in [0.4, 0.5) is 10.5 Å². The molecule has 17 heavy (non-hydrogen) atoms. The van der Waals surface area contributed by atoms with Crippen LogP contribution in [-0.2, 0) is 11.2 Å².